The quantitative estimate of drug-likeness (QED) is 0.435. The summed E-state index contributed by atoms with van der Waals surface area (Å²) in [4.78, 5) is 28.0. The van der Waals surface area contributed by atoms with Crippen LogP contribution in [0.4, 0.5) is 0 Å². The highest BCUT2D eigenvalue weighted by atomic mass is 16.2. The summed E-state index contributed by atoms with van der Waals surface area (Å²) >= 11 is 0. The fraction of sp³-hybridized carbons (Fsp3) is 0.321. The number of carbonyl (C=O) groups is 1. The number of hydrogen-bond acceptors (Lipinski definition) is 3. The van der Waals surface area contributed by atoms with Gasteiger partial charge in [0.25, 0.3) is 0 Å². The average molecular weight is 439 g/mol. The summed E-state index contributed by atoms with van der Waals surface area (Å²) in [6.45, 7) is 4.97. The van der Waals surface area contributed by atoms with Crippen molar-refractivity contribution in [1.29, 1.82) is 0 Å². The highest BCUT2D eigenvalue weighted by Gasteiger charge is 2.31. The van der Waals surface area contributed by atoms with Crippen molar-refractivity contribution in [2.24, 2.45) is 0 Å². The number of para-hydroxylation sites is 2. The minimum Gasteiger partial charge on any atom is -0.342 e. The standard InChI is InChI=1S/C28H30N4O/c1-19-7-5-8-21(15-19)17-22-16-20(2)29-25(18-22)26-11-6-14-32(26)28(33)13-12-27-30-23-9-3-4-10-24(23)31-27/h3-5,7-10,15-16,18,26H,6,11-14,17H2,1-2H3,(H,30,31). The van der Waals surface area contributed by atoms with E-state index in [0.29, 0.717) is 12.8 Å². The third kappa shape index (κ3) is 4.82. The van der Waals surface area contributed by atoms with Crippen LogP contribution in [0.3, 0.4) is 0 Å². The van der Waals surface area contributed by atoms with Gasteiger partial charge in [-0.1, -0.05) is 42.0 Å². The SMILES string of the molecule is Cc1cccc(Cc2cc(C)nc(C3CCCN3C(=O)CCc3nc4ccccc4[nH]3)c2)c1. The van der Waals surface area contributed by atoms with Crippen LogP contribution >= 0.6 is 0 Å². The second-order valence-electron chi connectivity index (χ2n) is 9.15. The van der Waals surface area contributed by atoms with Gasteiger partial charge in [-0.2, -0.15) is 0 Å². The number of nitrogens with zero attached hydrogens (tertiary/aromatic N) is 3. The molecular formula is C28H30N4O. The second kappa shape index (κ2) is 9.18. The van der Waals surface area contributed by atoms with Gasteiger partial charge in [0.1, 0.15) is 5.82 Å². The number of carbonyl (C=O) groups excluding carboxylic acids is 1. The van der Waals surface area contributed by atoms with Crippen LogP contribution in [0.5, 0.6) is 0 Å². The molecule has 5 rings (SSSR count). The molecule has 0 saturated carbocycles. The van der Waals surface area contributed by atoms with E-state index < -0.39 is 0 Å². The molecule has 4 aromatic rings. The Morgan fingerprint density at radius 1 is 1.03 bits per heavy atom. The first-order valence-corrected chi connectivity index (χ1v) is 11.8. The van der Waals surface area contributed by atoms with Gasteiger partial charge in [0.15, 0.2) is 0 Å². The van der Waals surface area contributed by atoms with E-state index in [-0.39, 0.29) is 11.9 Å². The molecule has 0 radical (unpaired) electrons. The van der Waals surface area contributed by atoms with Gasteiger partial charge in [0.05, 0.1) is 22.8 Å². The van der Waals surface area contributed by atoms with Crippen molar-refractivity contribution in [1.82, 2.24) is 19.9 Å². The van der Waals surface area contributed by atoms with Crippen LogP contribution in [0.25, 0.3) is 11.0 Å². The van der Waals surface area contributed by atoms with Crippen LogP contribution in [-0.4, -0.2) is 32.3 Å². The molecule has 2 aromatic heterocycles. The molecule has 1 unspecified atom stereocenters. The van der Waals surface area contributed by atoms with Gasteiger partial charge in [0, 0.05) is 25.1 Å². The number of amides is 1. The maximum atomic E-state index is 13.2. The molecule has 0 spiro atoms. The largest absolute Gasteiger partial charge is 0.342 e. The minimum atomic E-state index is 0.0596. The molecule has 0 bridgehead atoms. The predicted octanol–water partition coefficient (Wildman–Crippen LogP) is 5.46. The number of fused-ring (bicyclic) bond motifs is 1. The maximum Gasteiger partial charge on any atom is 0.223 e. The lowest BCUT2D eigenvalue weighted by Crippen LogP contribution is -2.31. The monoisotopic (exact) mass is 438 g/mol. The number of likely N-dealkylation sites (tertiary alicyclic amines) is 1. The lowest BCUT2D eigenvalue weighted by Gasteiger charge is -2.25. The zero-order valence-corrected chi connectivity index (χ0v) is 19.3. The molecular weight excluding hydrogens is 408 g/mol. The first-order valence-electron chi connectivity index (χ1n) is 11.8. The van der Waals surface area contributed by atoms with E-state index in [1.54, 1.807) is 0 Å². The van der Waals surface area contributed by atoms with Crippen molar-refractivity contribution in [2.45, 2.75) is 52.0 Å². The highest BCUT2D eigenvalue weighted by Crippen LogP contribution is 2.32. The topological polar surface area (TPSA) is 61.9 Å². The molecule has 5 heteroatoms. The van der Waals surface area contributed by atoms with E-state index in [0.717, 1.165) is 54.1 Å². The number of rotatable bonds is 6. The summed E-state index contributed by atoms with van der Waals surface area (Å²) in [6.07, 6.45) is 3.94. The molecule has 0 aliphatic carbocycles. The zero-order valence-electron chi connectivity index (χ0n) is 19.3. The number of hydrogen-bond donors (Lipinski definition) is 1. The number of aryl methyl sites for hydroxylation is 3. The molecule has 1 aliphatic heterocycles. The van der Waals surface area contributed by atoms with E-state index in [4.69, 9.17) is 4.98 Å². The van der Waals surface area contributed by atoms with Crippen molar-refractivity contribution in [2.75, 3.05) is 6.54 Å². The third-order valence-electron chi connectivity index (χ3n) is 6.45. The van der Waals surface area contributed by atoms with Crippen LogP contribution in [0.15, 0.2) is 60.7 Å². The van der Waals surface area contributed by atoms with Crippen LogP contribution in [0.1, 0.15) is 59.2 Å². The predicted molar refractivity (Wildman–Crippen MR) is 131 cm³/mol. The molecule has 3 heterocycles. The Balaban J connectivity index is 1.30. The summed E-state index contributed by atoms with van der Waals surface area (Å²) in [7, 11) is 0. The lowest BCUT2D eigenvalue weighted by atomic mass is 10.0. The summed E-state index contributed by atoms with van der Waals surface area (Å²) in [5, 5.41) is 0. The maximum absolute atomic E-state index is 13.2. The summed E-state index contributed by atoms with van der Waals surface area (Å²) in [6, 6.07) is 21.0. The van der Waals surface area contributed by atoms with Gasteiger partial charge in [-0.3, -0.25) is 9.78 Å². The Morgan fingerprint density at radius 3 is 2.76 bits per heavy atom. The Bertz CT molecular complexity index is 1260. The lowest BCUT2D eigenvalue weighted by molar-refractivity contribution is -0.132. The van der Waals surface area contributed by atoms with Crippen LogP contribution in [-0.2, 0) is 17.6 Å². The molecule has 1 N–H and O–H groups in total. The fourth-order valence-electron chi connectivity index (χ4n) is 4.96. The molecule has 2 aromatic carbocycles. The van der Waals surface area contributed by atoms with E-state index in [1.165, 1.54) is 16.7 Å². The van der Waals surface area contributed by atoms with Gasteiger partial charge in [-0.25, -0.2) is 4.98 Å². The Hall–Kier alpha value is -3.47. The minimum absolute atomic E-state index is 0.0596. The molecule has 1 amide bonds. The smallest absolute Gasteiger partial charge is 0.223 e. The van der Waals surface area contributed by atoms with Gasteiger partial charge >= 0.3 is 0 Å². The molecule has 5 nitrogen and oxygen atoms in total. The zero-order chi connectivity index (χ0) is 22.8. The Kier molecular flexibility index (Phi) is 5.95. The number of pyridine rings is 1. The molecule has 33 heavy (non-hydrogen) atoms. The van der Waals surface area contributed by atoms with Gasteiger partial charge in [-0.15, -0.1) is 0 Å². The third-order valence-corrected chi connectivity index (χ3v) is 6.45. The number of aromatic amines is 1. The highest BCUT2D eigenvalue weighted by molar-refractivity contribution is 5.78. The summed E-state index contributed by atoms with van der Waals surface area (Å²) in [5.74, 6) is 1.05. The van der Waals surface area contributed by atoms with Crippen LogP contribution in [0.2, 0.25) is 0 Å². The first kappa shape index (κ1) is 21.4. The number of nitrogens with one attached hydrogen (secondary N) is 1. The summed E-state index contributed by atoms with van der Waals surface area (Å²) in [5.41, 5.74) is 7.83. The van der Waals surface area contributed by atoms with Crippen molar-refractivity contribution < 1.29 is 4.79 Å². The van der Waals surface area contributed by atoms with E-state index >= 15 is 0 Å². The van der Waals surface area contributed by atoms with Crippen molar-refractivity contribution in [3.05, 3.63) is 94.6 Å². The van der Waals surface area contributed by atoms with E-state index in [9.17, 15) is 4.79 Å². The van der Waals surface area contributed by atoms with Gasteiger partial charge in [0.2, 0.25) is 5.91 Å². The number of aromatic nitrogens is 3. The Labute approximate surface area is 194 Å². The fourth-order valence-corrected chi connectivity index (χ4v) is 4.96. The van der Waals surface area contributed by atoms with Crippen LogP contribution < -0.4 is 0 Å². The van der Waals surface area contributed by atoms with Crippen LogP contribution in [0, 0.1) is 13.8 Å². The van der Waals surface area contributed by atoms with Crippen molar-refractivity contribution >= 4 is 16.9 Å². The average Bonchev–Trinajstić information content (AvgIpc) is 3.44. The molecule has 1 fully saturated rings. The normalized spacial score (nSPS) is 15.9. The molecule has 1 atom stereocenters. The van der Waals surface area contributed by atoms with Gasteiger partial charge in [-0.05, 0) is 68.5 Å². The van der Waals surface area contributed by atoms with E-state index in [2.05, 4.69) is 53.3 Å². The summed E-state index contributed by atoms with van der Waals surface area (Å²) < 4.78 is 0. The first-order chi connectivity index (χ1) is 16.0. The number of benzene rings is 2. The van der Waals surface area contributed by atoms with Crippen molar-refractivity contribution in [3.63, 3.8) is 0 Å². The molecule has 1 saturated heterocycles. The number of imidazole rings is 1. The number of H-pyrrole nitrogens is 1. The van der Waals surface area contributed by atoms with E-state index in [1.807, 2.05) is 36.1 Å². The molecule has 168 valence electrons. The second-order valence-corrected chi connectivity index (χ2v) is 9.15. The van der Waals surface area contributed by atoms with Gasteiger partial charge < -0.3 is 9.88 Å². The Morgan fingerprint density at radius 2 is 1.91 bits per heavy atom. The van der Waals surface area contributed by atoms with Crippen molar-refractivity contribution in [3.8, 4) is 0 Å². The molecule has 1 aliphatic rings.